The number of carbonyl (C=O) groups is 1. The molecule has 0 atom stereocenters. The minimum absolute atomic E-state index is 0.00741. The summed E-state index contributed by atoms with van der Waals surface area (Å²) in [6, 6.07) is 7.92. The topological polar surface area (TPSA) is 58.1 Å². The standard InChI is InChI=1S/C14H16N4OS/c1-2-10-13(20-17-16-10)14(19)18-9-5-8-15-11-6-3-4-7-12(11)18/h3-4,6-7,15H,2,5,8-9H2,1H3. The van der Waals surface area contributed by atoms with E-state index in [0.717, 1.165) is 36.5 Å². The highest BCUT2D eigenvalue weighted by molar-refractivity contribution is 7.08. The van der Waals surface area contributed by atoms with Crippen LogP contribution >= 0.6 is 11.5 Å². The number of fused-ring (bicyclic) bond motifs is 1. The Bertz CT molecular complexity index is 625. The van der Waals surface area contributed by atoms with Crippen LogP contribution < -0.4 is 10.2 Å². The van der Waals surface area contributed by atoms with Crippen LogP contribution in [0.25, 0.3) is 0 Å². The normalized spacial score (nSPS) is 14.3. The van der Waals surface area contributed by atoms with E-state index in [4.69, 9.17) is 0 Å². The molecule has 1 aliphatic rings. The number of nitrogens with zero attached hydrogens (tertiary/aromatic N) is 3. The van der Waals surface area contributed by atoms with Gasteiger partial charge in [-0.05, 0) is 36.5 Å². The van der Waals surface area contributed by atoms with Gasteiger partial charge in [-0.25, -0.2) is 0 Å². The van der Waals surface area contributed by atoms with Gasteiger partial charge in [0.25, 0.3) is 5.91 Å². The van der Waals surface area contributed by atoms with Crippen molar-refractivity contribution in [2.45, 2.75) is 19.8 Å². The summed E-state index contributed by atoms with van der Waals surface area (Å²) in [5, 5.41) is 7.40. The highest BCUT2D eigenvalue weighted by atomic mass is 32.1. The van der Waals surface area contributed by atoms with Crippen LogP contribution in [0.4, 0.5) is 11.4 Å². The molecule has 0 saturated carbocycles. The van der Waals surface area contributed by atoms with Crippen molar-refractivity contribution in [1.82, 2.24) is 9.59 Å². The van der Waals surface area contributed by atoms with Gasteiger partial charge in [-0.3, -0.25) is 4.79 Å². The number of hydrogen-bond acceptors (Lipinski definition) is 5. The molecule has 3 rings (SSSR count). The fourth-order valence-corrected chi connectivity index (χ4v) is 3.07. The third-order valence-electron chi connectivity index (χ3n) is 3.40. The lowest BCUT2D eigenvalue weighted by atomic mass is 10.2. The zero-order chi connectivity index (χ0) is 13.9. The molecule has 1 aliphatic heterocycles. The van der Waals surface area contributed by atoms with Crippen molar-refractivity contribution in [1.29, 1.82) is 0 Å². The number of rotatable bonds is 2. The molecule has 0 saturated heterocycles. The molecule has 104 valence electrons. The van der Waals surface area contributed by atoms with Crippen molar-refractivity contribution in [3.05, 3.63) is 34.8 Å². The molecule has 0 fully saturated rings. The third kappa shape index (κ3) is 2.27. The first-order chi connectivity index (χ1) is 9.81. The van der Waals surface area contributed by atoms with Crippen LogP contribution in [-0.4, -0.2) is 28.6 Å². The maximum Gasteiger partial charge on any atom is 0.272 e. The van der Waals surface area contributed by atoms with Crippen LogP contribution in [-0.2, 0) is 6.42 Å². The molecular weight excluding hydrogens is 272 g/mol. The van der Waals surface area contributed by atoms with E-state index in [1.807, 2.05) is 36.1 Å². The molecule has 2 aromatic rings. The van der Waals surface area contributed by atoms with E-state index in [-0.39, 0.29) is 5.91 Å². The van der Waals surface area contributed by atoms with Crippen LogP contribution in [0.2, 0.25) is 0 Å². The average Bonchev–Trinajstić information content (AvgIpc) is 2.86. The van der Waals surface area contributed by atoms with E-state index in [1.165, 1.54) is 11.5 Å². The highest BCUT2D eigenvalue weighted by Gasteiger charge is 2.25. The number of para-hydroxylation sites is 2. The van der Waals surface area contributed by atoms with Crippen molar-refractivity contribution in [3.63, 3.8) is 0 Å². The quantitative estimate of drug-likeness (QED) is 0.922. The monoisotopic (exact) mass is 288 g/mol. The maximum absolute atomic E-state index is 12.8. The lowest BCUT2D eigenvalue weighted by molar-refractivity contribution is 0.0990. The molecule has 5 nitrogen and oxygen atoms in total. The maximum atomic E-state index is 12.8. The second-order valence-corrected chi connectivity index (χ2v) is 5.41. The Balaban J connectivity index is 1.99. The molecule has 1 aromatic heterocycles. The average molecular weight is 288 g/mol. The van der Waals surface area contributed by atoms with Gasteiger partial charge in [0.2, 0.25) is 0 Å². The lowest BCUT2D eigenvalue weighted by Gasteiger charge is -2.21. The van der Waals surface area contributed by atoms with Crippen LogP contribution in [0.15, 0.2) is 24.3 Å². The van der Waals surface area contributed by atoms with Gasteiger partial charge in [0.05, 0.1) is 17.1 Å². The van der Waals surface area contributed by atoms with Gasteiger partial charge in [-0.15, -0.1) is 5.10 Å². The number of aromatic nitrogens is 2. The van der Waals surface area contributed by atoms with Crippen molar-refractivity contribution < 1.29 is 4.79 Å². The number of hydrogen-bond donors (Lipinski definition) is 1. The molecule has 0 spiro atoms. The predicted octanol–water partition coefficient (Wildman–Crippen LogP) is 2.56. The van der Waals surface area contributed by atoms with Crippen LogP contribution in [0.3, 0.4) is 0 Å². The number of carbonyl (C=O) groups excluding carboxylic acids is 1. The van der Waals surface area contributed by atoms with Gasteiger partial charge in [0, 0.05) is 13.1 Å². The van der Waals surface area contributed by atoms with Crippen molar-refractivity contribution in [2.24, 2.45) is 0 Å². The van der Waals surface area contributed by atoms with Crippen molar-refractivity contribution in [2.75, 3.05) is 23.3 Å². The number of aryl methyl sites for hydroxylation is 1. The molecule has 0 bridgehead atoms. The molecule has 20 heavy (non-hydrogen) atoms. The minimum atomic E-state index is 0.00741. The molecule has 0 unspecified atom stereocenters. The summed E-state index contributed by atoms with van der Waals surface area (Å²) in [7, 11) is 0. The molecule has 0 aliphatic carbocycles. The highest BCUT2D eigenvalue weighted by Crippen LogP contribution is 2.30. The Labute approximate surface area is 121 Å². The number of benzene rings is 1. The van der Waals surface area contributed by atoms with E-state index >= 15 is 0 Å². The Morgan fingerprint density at radius 3 is 3.15 bits per heavy atom. The molecule has 1 aromatic carbocycles. The zero-order valence-electron chi connectivity index (χ0n) is 11.3. The number of anilines is 2. The summed E-state index contributed by atoms with van der Waals surface area (Å²) in [6.45, 7) is 3.58. The fraction of sp³-hybridized carbons (Fsp3) is 0.357. The summed E-state index contributed by atoms with van der Waals surface area (Å²) in [4.78, 5) is 15.3. The zero-order valence-corrected chi connectivity index (χ0v) is 12.1. The van der Waals surface area contributed by atoms with Gasteiger partial charge in [-0.2, -0.15) is 0 Å². The number of amides is 1. The predicted molar refractivity (Wildman–Crippen MR) is 80.5 cm³/mol. The Morgan fingerprint density at radius 2 is 2.30 bits per heavy atom. The summed E-state index contributed by atoms with van der Waals surface area (Å²) in [5.74, 6) is 0.00741. The third-order valence-corrected chi connectivity index (χ3v) is 4.15. The summed E-state index contributed by atoms with van der Waals surface area (Å²) >= 11 is 1.18. The second-order valence-electron chi connectivity index (χ2n) is 4.66. The Morgan fingerprint density at radius 1 is 1.45 bits per heavy atom. The lowest BCUT2D eigenvalue weighted by Crippen LogP contribution is -2.31. The second kappa shape index (κ2) is 5.58. The molecule has 0 radical (unpaired) electrons. The molecule has 2 heterocycles. The van der Waals surface area contributed by atoms with Gasteiger partial charge in [0.15, 0.2) is 0 Å². The molecule has 6 heteroatoms. The first kappa shape index (κ1) is 13.1. The smallest absolute Gasteiger partial charge is 0.272 e. The largest absolute Gasteiger partial charge is 0.383 e. The molecule has 1 amide bonds. The van der Waals surface area contributed by atoms with Gasteiger partial charge in [0.1, 0.15) is 4.88 Å². The van der Waals surface area contributed by atoms with E-state index in [9.17, 15) is 4.79 Å². The Hall–Kier alpha value is -1.95. The van der Waals surface area contributed by atoms with E-state index < -0.39 is 0 Å². The van der Waals surface area contributed by atoms with Gasteiger partial charge < -0.3 is 10.2 Å². The van der Waals surface area contributed by atoms with Crippen molar-refractivity contribution in [3.8, 4) is 0 Å². The van der Waals surface area contributed by atoms with E-state index in [2.05, 4.69) is 14.9 Å². The molecule has 1 N–H and O–H groups in total. The summed E-state index contributed by atoms with van der Waals surface area (Å²) in [5.41, 5.74) is 2.73. The first-order valence-electron chi connectivity index (χ1n) is 6.77. The van der Waals surface area contributed by atoms with Crippen LogP contribution in [0.1, 0.15) is 28.7 Å². The van der Waals surface area contributed by atoms with Crippen molar-refractivity contribution >= 4 is 28.8 Å². The van der Waals surface area contributed by atoms with E-state index in [0.29, 0.717) is 11.4 Å². The van der Waals surface area contributed by atoms with E-state index in [1.54, 1.807) is 0 Å². The number of nitrogens with one attached hydrogen (secondary N) is 1. The Kier molecular flexibility index (Phi) is 3.64. The van der Waals surface area contributed by atoms with Gasteiger partial charge >= 0.3 is 0 Å². The summed E-state index contributed by atoms with van der Waals surface area (Å²) in [6.07, 6.45) is 1.65. The minimum Gasteiger partial charge on any atom is -0.383 e. The van der Waals surface area contributed by atoms with Crippen LogP contribution in [0.5, 0.6) is 0 Å². The summed E-state index contributed by atoms with van der Waals surface area (Å²) < 4.78 is 3.92. The SMILES string of the molecule is CCc1nnsc1C(=O)N1CCCNc2ccccc21. The fourth-order valence-electron chi connectivity index (χ4n) is 2.38. The first-order valence-corrected chi connectivity index (χ1v) is 7.54. The van der Waals surface area contributed by atoms with Crippen LogP contribution in [0, 0.1) is 0 Å². The molecular formula is C14H16N4OS. The van der Waals surface area contributed by atoms with Gasteiger partial charge in [-0.1, -0.05) is 23.5 Å².